The number of unbranched alkanes of at least 4 members (excludes halogenated alkanes) is 47. The van der Waals surface area contributed by atoms with Crippen LogP contribution < -0.4 is 0 Å². The van der Waals surface area contributed by atoms with Crippen LogP contribution in [0.3, 0.4) is 0 Å². The lowest BCUT2D eigenvalue weighted by Gasteiger charge is -2.21. The summed E-state index contributed by atoms with van der Waals surface area (Å²) in [5.41, 5.74) is 0. The molecule has 0 heterocycles. The predicted molar refractivity (Wildman–Crippen MR) is 432 cm³/mol. The monoisotopic (exact) mass is 1540 g/mol. The maximum absolute atomic E-state index is 13.1. The Morgan fingerprint density at radius 3 is 0.676 bits per heavy atom. The molecule has 3 N–H and O–H groups in total. The SMILES string of the molecule is CCC(C)CCCCCCCCCCCCCCCCC(=O)OC[C@H](COP(=O)(O)OC[C@@H](O)COP(=O)(O)OC[C@@H](COC(=O)CCCCCCCCCCC(C)CC)OC(=O)CCCCCCCCCCCCCCCCC(C)C)OC(=O)CCCCCCCCCCCCCCCCCC(C)C. The molecule has 7 atom stereocenters. The van der Waals surface area contributed by atoms with Gasteiger partial charge < -0.3 is 33.8 Å². The van der Waals surface area contributed by atoms with Gasteiger partial charge in [-0.15, -0.1) is 0 Å². The summed E-state index contributed by atoms with van der Waals surface area (Å²) < 4.78 is 68.9. The maximum atomic E-state index is 13.1. The Bertz CT molecular complexity index is 2050. The van der Waals surface area contributed by atoms with Gasteiger partial charge in [-0.05, 0) is 49.4 Å². The minimum Gasteiger partial charge on any atom is -0.462 e. The molecule has 105 heavy (non-hydrogen) atoms. The van der Waals surface area contributed by atoms with E-state index in [1.165, 1.54) is 250 Å². The van der Waals surface area contributed by atoms with Gasteiger partial charge in [-0.3, -0.25) is 37.3 Å². The smallest absolute Gasteiger partial charge is 0.462 e. The van der Waals surface area contributed by atoms with E-state index in [1.54, 1.807) is 0 Å². The van der Waals surface area contributed by atoms with Crippen molar-refractivity contribution in [1.82, 2.24) is 0 Å². The van der Waals surface area contributed by atoms with E-state index in [9.17, 15) is 43.2 Å². The molecule has 0 saturated heterocycles. The average molecular weight is 1540 g/mol. The van der Waals surface area contributed by atoms with Crippen LogP contribution in [0.1, 0.15) is 447 Å². The van der Waals surface area contributed by atoms with Crippen LogP contribution in [0.5, 0.6) is 0 Å². The van der Waals surface area contributed by atoms with Crippen LogP contribution in [0.4, 0.5) is 0 Å². The summed E-state index contributed by atoms with van der Waals surface area (Å²) in [6.07, 6.45) is 63.6. The lowest BCUT2D eigenvalue weighted by Crippen LogP contribution is -2.30. The van der Waals surface area contributed by atoms with Crippen LogP contribution >= 0.6 is 15.6 Å². The molecule has 0 bridgehead atoms. The molecule has 0 spiro atoms. The van der Waals surface area contributed by atoms with Crippen molar-refractivity contribution < 1.29 is 80.2 Å². The summed E-state index contributed by atoms with van der Waals surface area (Å²) in [7, 11) is -9.93. The van der Waals surface area contributed by atoms with Crippen molar-refractivity contribution in [3.8, 4) is 0 Å². The third-order valence-corrected chi connectivity index (χ3v) is 22.7. The van der Waals surface area contributed by atoms with Crippen molar-refractivity contribution in [2.75, 3.05) is 39.6 Å². The van der Waals surface area contributed by atoms with Gasteiger partial charge in [0.05, 0.1) is 26.4 Å². The van der Waals surface area contributed by atoms with Crippen LogP contribution in [0, 0.1) is 23.7 Å². The molecule has 19 heteroatoms. The van der Waals surface area contributed by atoms with Crippen molar-refractivity contribution in [1.29, 1.82) is 0 Å². The number of esters is 4. The van der Waals surface area contributed by atoms with Crippen molar-refractivity contribution in [3.63, 3.8) is 0 Å². The fraction of sp³-hybridized carbons (Fsp3) is 0.953. The van der Waals surface area contributed by atoms with Gasteiger partial charge in [-0.25, -0.2) is 9.13 Å². The van der Waals surface area contributed by atoms with Gasteiger partial charge in [0.25, 0.3) is 0 Å². The lowest BCUT2D eigenvalue weighted by atomic mass is 9.99. The van der Waals surface area contributed by atoms with Gasteiger partial charge in [0.15, 0.2) is 12.2 Å². The van der Waals surface area contributed by atoms with E-state index in [2.05, 4.69) is 55.4 Å². The van der Waals surface area contributed by atoms with E-state index in [-0.39, 0.29) is 25.7 Å². The number of phosphoric acid groups is 2. The van der Waals surface area contributed by atoms with Gasteiger partial charge in [0.1, 0.15) is 19.3 Å². The molecule has 0 aromatic heterocycles. The van der Waals surface area contributed by atoms with E-state index < -0.39 is 97.5 Å². The van der Waals surface area contributed by atoms with E-state index in [0.29, 0.717) is 25.7 Å². The van der Waals surface area contributed by atoms with Crippen molar-refractivity contribution in [3.05, 3.63) is 0 Å². The third-order valence-electron chi connectivity index (χ3n) is 20.8. The molecule has 0 aliphatic carbocycles. The molecule has 0 saturated carbocycles. The Kier molecular flexibility index (Phi) is 73.4. The topological polar surface area (TPSA) is 237 Å². The molecular formula is C86H168O17P2. The highest BCUT2D eigenvalue weighted by molar-refractivity contribution is 7.47. The minimum absolute atomic E-state index is 0.107. The van der Waals surface area contributed by atoms with Gasteiger partial charge in [0.2, 0.25) is 0 Å². The molecule has 0 aliphatic heterocycles. The summed E-state index contributed by atoms with van der Waals surface area (Å²) >= 11 is 0. The molecule has 17 nitrogen and oxygen atoms in total. The summed E-state index contributed by atoms with van der Waals surface area (Å²) in [6.45, 7) is 14.4. The second kappa shape index (κ2) is 74.8. The highest BCUT2D eigenvalue weighted by Gasteiger charge is 2.31. The first-order valence-electron chi connectivity index (χ1n) is 44.3. The number of ether oxygens (including phenoxy) is 4. The van der Waals surface area contributed by atoms with Gasteiger partial charge >= 0.3 is 39.5 Å². The Balaban J connectivity index is 5.27. The predicted octanol–water partition coefficient (Wildman–Crippen LogP) is 25.9. The van der Waals surface area contributed by atoms with Crippen LogP contribution in [-0.2, 0) is 65.4 Å². The number of hydrogen-bond acceptors (Lipinski definition) is 15. The van der Waals surface area contributed by atoms with Crippen molar-refractivity contribution >= 4 is 39.5 Å². The number of aliphatic hydroxyl groups is 1. The molecule has 0 aromatic rings. The normalized spacial score (nSPS) is 14.4. The standard InChI is InChI=1S/C86H168O17P2/c1-9-78(7)64-56-48-40-32-26-20-15-17-21-27-33-42-50-58-66-83(88)96-72-81(102-85(90)68-60-52-44-34-28-22-13-11-12-18-24-30-38-46-54-62-76(3)4)74-100-104(92,93)98-70-80(87)71-99-105(94,95)101-75-82(73-97-84(89)67-59-51-43-37-36-41-49-57-65-79(8)10-2)103-86(91)69-61-53-45-35-29-23-16-14-19-25-31-39-47-55-63-77(5)6/h76-82,87H,9-75H2,1-8H3,(H,92,93)(H,94,95)/t78?,79?,80-,81-,82-/m1/s1. The number of carbonyl (C=O) groups is 4. The molecule has 4 unspecified atom stereocenters. The summed E-state index contributed by atoms with van der Waals surface area (Å²) in [4.78, 5) is 73.3. The highest BCUT2D eigenvalue weighted by atomic mass is 31.2. The second-order valence-corrected chi connectivity index (χ2v) is 35.3. The van der Waals surface area contributed by atoms with Crippen molar-refractivity contribution in [2.24, 2.45) is 23.7 Å². The van der Waals surface area contributed by atoms with Gasteiger partial charge in [0, 0.05) is 25.7 Å². The zero-order valence-corrected chi connectivity index (χ0v) is 71.2. The summed E-state index contributed by atoms with van der Waals surface area (Å²) in [5.74, 6) is 1.12. The largest absolute Gasteiger partial charge is 0.472 e. The first-order chi connectivity index (χ1) is 50.7. The maximum Gasteiger partial charge on any atom is 0.472 e. The van der Waals surface area contributed by atoms with Crippen LogP contribution in [0.25, 0.3) is 0 Å². The van der Waals surface area contributed by atoms with Crippen LogP contribution in [0.2, 0.25) is 0 Å². The van der Waals surface area contributed by atoms with E-state index in [1.807, 2.05) is 0 Å². The number of phosphoric ester groups is 2. The molecular weight excluding hydrogens is 1370 g/mol. The molecule has 0 fully saturated rings. The summed E-state index contributed by atoms with van der Waals surface area (Å²) in [6, 6.07) is 0. The molecule has 0 rings (SSSR count). The zero-order valence-electron chi connectivity index (χ0n) is 69.4. The number of carbonyl (C=O) groups excluding carboxylic acids is 4. The zero-order chi connectivity index (χ0) is 77.4. The molecule has 0 aliphatic rings. The van der Waals surface area contributed by atoms with E-state index in [4.69, 9.17) is 37.0 Å². The van der Waals surface area contributed by atoms with Crippen LogP contribution in [0.15, 0.2) is 0 Å². The molecule has 0 radical (unpaired) electrons. The lowest BCUT2D eigenvalue weighted by molar-refractivity contribution is -0.161. The van der Waals surface area contributed by atoms with E-state index >= 15 is 0 Å². The quantitative estimate of drug-likeness (QED) is 0.0222. The Morgan fingerprint density at radius 2 is 0.457 bits per heavy atom. The van der Waals surface area contributed by atoms with E-state index in [0.717, 1.165) is 114 Å². The number of aliphatic hydroxyl groups excluding tert-OH is 1. The Labute approximate surface area is 645 Å². The molecule has 624 valence electrons. The van der Waals surface area contributed by atoms with Crippen LogP contribution in [-0.4, -0.2) is 96.7 Å². The fourth-order valence-electron chi connectivity index (χ4n) is 13.3. The summed E-state index contributed by atoms with van der Waals surface area (Å²) in [5, 5.41) is 10.7. The van der Waals surface area contributed by atoms with Crippen molar-refractivity contribution in [2.45, 2.75) is 465 Å². The third kappa shape index (κ3) is 77.2. The van der Waals surface area contributed by atoms with Gasteiger partial charge in [-0.2, -0.15) is 0 Å². The first kappa shape index (κ1) is 103. The Morgan fingerprint density at radius 1 is 0.267 bits per heavy atom. The van der Waals surface area contributed by atoms with Gasteiger partial charge in [-0.1, -0.05) is 396 Å². The second-order valence-electron chi connectivity index (χ2n) is 32.4. The molecule has 0 aromatic carbocycles. The minimum atomic E-state index is -4.97. The Hall–Kier alpha value is -1.94. The fourth-order valence-corrected chi connectivity index (χ4v) is 14.8. The molecule has 0 amide bonds. The highest BCUT2D eigenvalue weighted by Crippen LogP contribution is 2.45. The average Bonchev–Trinajstić information content (AvgIpc) is 0.913. The first-order valence-corrected chi connectivity index (χ1v) is 47.3. The number of hydrogen-bond donors (Lipinski definition) is 3. The number of rotatable bonds is 83.